The summed E-state index contributed by atoms with van der Waals surface area (Å²) >= 11 is 1.80. The molecule has 2 unspecified atom stereocenters. The second-order valence-electron chi connectivity index (χ2n) is 7.65. The number of para-hydroxylation sites is 1. The summed E-state index contributed by atoms with van der Waals surface area (Å²) in [7, 11) is 0. The number of nitrogens with zero attached hydrogens (tertiary/aromatic N) is 1. The predicted octanol–water partition coefficient (Wildman–Crippen LogP) is 5.30. The van der Waals surface area contributed by atoms with Crippen LogP contribution in [0.2, 0.25) is 0 Å². The van der Waals surface area contributed by atoms with Crippen molar-refractivity contribution in [1.82, 2.24) is 0 Å². The third-order valence-electron chi connectivity index (χ3n) is 5.78. The van der Waals surface area contributed by atoms with E-state index in [9.17, 15) is 5.26 Å². The highest BCUT2D eigenvalue weighted by Gasteiger charge is 2.38. The molecule has 2 aliphatic carbocycles. The van der Waals surface area contributed by atoms with Crippen molar-refractivity contribution in [3.63, 3.8) is 0 Å². The summed E-state index contributed by atoms with van der Waals surface area (Å²) in [5.41, 5.74) is 14.9. The van der Waals surface area contributed by atoms with Crippen LogP contribution in [-0.2, 0) is 0 Å². The van der Waals surface area contributed by atoms with Crippen LogP contribution in [0.3, 0.4) is 0 Å². The number of hydrogen-bond donors (Lipinski definition) is 2. The average molecular weight is 406 g/mol. The van der Waals surface area contributed by atoms with Gasteiger partial charge in [-0.2, -0.15) is 5.26 Å². The molecule has 1 aliphatic heterocycles. The van der Waals surface area contributed by atoms with Crippen LogP contribution in [0.5, 0.6) is 0 Å². The Hall–Kier alpha value is -3.60. The lowest BCUT2D eigenvalue weighted by molar-refractivity contribution is 0.644. The van der Waals surface area contributed by atoms with Crippen LogP contribution in [0.15, 0.2) is 82.9 Å². The Bertz CT molecular complexity index is 1280. The van der Waals surface area contributed by atoms with E-state index in [0.717, 1.165) is 44.9 Å². The quantitative estimate of drug-likeness (QED) is 0.632. The zero-order valence-corrected chi connectivity index (χ0v) is 17.1. The van der Waals surface area contributed by atoms with Crippen molar-refractivity contribution in [2.75, 3.05) is 5.32 Å². The van der Waals surface area contributed by atoms with E-state index in [0.29, 0.717) is 12.0 Å². The summed E-state index contributed by atoms with van der Waals surface area (Å²) in [5, 5.41) is 13.2. The summed E-state index contributed by atoms with van der Waals surface area (Å²) in [6, 6.07) is 16.6. The number of allylic oxidation sites excluding steroid dienone is 5. The van der Waals surface area contributed by atoms with Crippen molar-refractivity contribution in [2.24, 2.45) is 11.7 Å². The number of terminal acetylenes is 1. The van der Waals surface area contributed by atoms with Gasteiger partial charge in [-0.15, -0.1) is 18.2 Å². The van der Waals surface area contributed by atoms with Crippen molar-refractivity contribution < 1.29 is 0 Å². The molecule has 3 aliphatic rings. The lowest BCUT2D eigenvalue weighted by Crippen LogP contribution is -2.23. The van der Waals surface area contributed by atoms with Gasteiger partial charge in [0.25, 0.3) is 0 Å². The van der Waals surface area contributed by atoms with Gasteiger partial charge in [0.15, 0.2) is 0 Å². The first-order chi connectivity index (χ1) is 14.6. The normalized spacial score (nSPS) is 21.7. The molecule has 2 atom stereocenters. The van der Waals surface area contributed by atoms with Gasteiger partial charge in [-0.1, -0.05) is 36.8 Å². The lowest BCUT2D eigenvalue weighted by atomic mass is 9.86. The Labute approximate surface area is 180 Å². The van der Waals surface area contributed by atoms with E-state index in [1.165, 1.54) is 4.90 Å². The molecule has 0 bridgehead atoms. The maximum absolute atomic E-state index is 9.49. The van der Waals surface area contributed by atoms with Crippen LogP contribution in [0.1, 0.15) is 23.1 Å². The summed E-state index contributed by atoms with van der Waals surface area (Å²) in [6.45, 7) is 4.45. The molecule has 0 radical (unpaired) electrons. The Morgan fingerprint density at radius 1 is 1.20 bits per heavy atom. The smallest absolute Gasteiger partial charge is 0.0988 e. The van der Waals surface area contributed by atoms with E-state index in [-0.39, 0.29) is 11.2 Å². The van der Waals surface area contributed by atoms with E-state index in [4.69, 9.17) is 12.2 Å². The van der Waals surface area contributed by atoms with E-state index < -0.39 is 0 Å². The molecule has 30 heavy (non-hydrogen) atoms. The summed E-state index contributed by atoms with van der Waals surface area (Å²) < 4.78 is 0. The Kier molecular flexibility index (Phi) is 4.31. The monoisotopic (exact) mass is 405 g/mol. The highest BCUT2D eigenvalue weighted by Crippen LogP contribution is 2.53. The standard InChI is InChI=1S/C26H19N3S/c1-3-16-8-9-20-15(2)24-25(21(20)12-16)29-22-6-4-5-7-23(22)30-26(24)18-10-17(14-27)11-19(28)13-18/h1,4-12,18,26,29H,2,13,28H2. The van der Waals surface area contributed by atoms with E-state index >= 15 is 0 Å². The number of benzene rings is 2. The highest BCUT2D eigenvalue weighted by atomic mass is 32.2. The van der Waals surface area contributed by atoms with Gasteiger partial charge in [0.05, 0.1) is 23.0 Å². The molecule has 0 amide bonds. The first-order valence-electron chi connectivity index (χ1n) is 9.74. The number of nitriles is 1. The molecule has 0 aromatic heterocycles. The lowest BCUT2D eigenvalue weighted by Gasteiger charge is -2.28. The molecule has 144 valence electrons. The van der Waals surface area contributed by atoms with Gasteiger partial charge in [0.2, 0.25) is 0 Å². The number of rotatable bonds is 1. The molecule has 2 aromatic carbocycles. The highest BCUT2D eigenvalue weighted by molar-refractivity contribution is 8.00. The van der Waals surface area contributed by atoms with Gasteiger partial charge >= 0.3 is 0 Å². The van der Waals surface area contributed by atoms with Crippen LogP contribution in [0.25, 0.3) is 11.3 Å². The Morgan fingerprint density at radius 3 is 2.83 bits per heavy atom. The minimum absolute atomic E-state index is 0.0703. The van der Waals surface area contributed by atoms with Gasteiger partial charge < -0.3 is 11.1 Å². The first-order valence-corrected chi connectivity index (χ1v) is 10.6. The number of nitrogens with two attached hydrogens (primary N) is 1. The van der Waals surface area contributed by atoms with Crippen molar-refractivity contribution >= 4 is 28.7 Å². The van der Waals surface area contributed by atoms with E-state index in [2.05, 4.69) is 54.2 Å². The van der Waals surface area contributed by atoms with Crippen LogP contribution < -0.4 is 11.1 Å². The van der Waals surface area contributed by atoms with Crippen LogP contribution >= 0.6 is 11.8 Å². The fraction of sp³-hybridized carbons (Fsp3) is 0.115. The zero-order chi connectivity index (χ0) is 20.8. The number of thioether (sulfide) groups is 1. The summed E-state index contributed by atoms with van der Waals surface area (Å²) in [4.78, 5) is 1.17. The number of anilines is 1. The molecule has 0 saturated heterocycles. The summed E-state index contributed by atoms with van der Waals surface area (Å²) in [6.07, 6.45) is 10.2. The van der Waals surface area contributed by atoms with E-state index in [1.54, 1.807) is 17.8 Å². The molecule has 0 fully saturated rings. The molecule has 2 aromatic rings. The molecule has 4 heteroatoms. The van der Waals surface area contributed by atoms with Crippen LogP contribution in [0, 0.1) is 29.6 Å². The molecule has 1 heterocycles. The molecule has 0 spiro atoms. The topological polar surface area (TPSA) is 61.8 Å². The van der Waals surface area contributed by atoms with Gasteiger partial charge in [0, 0.05) is 32.9 Å². The SMILES string of the molecule is C#Cc1ccc2c(c1)C1=C(C2=C)C(C2C=C(C#N)C=C(N)C2)Sc2ccccc2N1. The third kappa shape index (κ3) is 2.86. The van der Waals surface area contributed by atoms with Crippen LogP contribution in [-0.4, -0.2) is 5.25 Å². The maximum atomic E-state index is 9.49. The average Bonchev–Trinajstić information content (AvgIpc) is 2.92. The minimum Gasteiger partial charge on any atom is -0.402 e. The van der Waals surface area contributed by atoms with Crippen molar-refractivity contribution in [3.8, 4) is 18.4 Å². The predicted molar refractivity (Wildman–Crippen MR) is 124 cm³/mol. The third-order valence-corrected chi connectivity index (χ3v) is 7.23. The summed E-state index contributed by atoms with van der Waals surface area (Å²) in [5.74, 6) is 2.83. The number of fused-ring (bicyclic) bond motifs is 3. The van der Waals surface area contributed by atoms with E-state index in [1.807, 2.05) is 18.2 Å². The first kappa shape index (κ1) is 18.4. The van der Waals surface area contributed by atoms with Crippen molar-refractivity contribution in [2.45, 2.75) is 16.6 Å². The fourth-order valence-electron chi connectivity index (χ4n) is 4.43. The van der Waals surface area contributed by atoms with Crippen molar-refractivity contribution in [1.29, 1.82) is 5.26 Å². The largest absolute Gasteiger partial charge is 0.402 e. The molecule has 5 rings (SSSR count). The molecule has 0 saturated carbocycles. The molecular formula is C26H19N3S. The second-order valence-corrected chi connectivity index (χ2v) is 8.84. The zero-order valence-electron chi connectivity index (χ0n) is 16.3. The minimum atomic E-state index is 0.0703. The second kappa shape index (κ2) is 7.02. The number of nitrogens with one attached hydrogen (secondary N) is 1. The van der Waals surface area contributed by atoms with Gasteiger partial charge in [-0.3, -0.25) is 0 Å². The van der Waals surface area contributed by atoms with Gasteiger partial charge in [0.1, 0.15) is 0 Å². The maximum Gasteiger partial charge on any atom is 0.0988 e. The Balaban J connectivity index is 1.71. The molecular weight excluding hydrogens is 386 g/mol. The van der Waals surface area contributed by atoms with Gasteiger partial charge in [-0.05, 0) is 53.5 Å². The van der Waals surface area contributed by atoms with Crippen molar-refractivity contribution in [3.05, 3.63) is 94.7 Å². The Morgan fingerprint density at radius 2 is 2.03 bits per heavy atom. The molecule has 3 N–H and O–H groups in total. The van der Waals surface area contributed by atoms with Gasteiger partial charge in [-0.25, -0.2) is 0 Å². The number of hydrogen-bond acceptors (Lipinski definition) is 4. The fourth-order valence-corrected chi connectivity index (χ4v) is 5.84. The molecule has 3 nitrogen and oxygen atoms in total. The van der Waals surface area contributed by atoms with Crippen LogP contribution in [0.4, 0.5) is 5.69 Å².